The summed E-state index contributed by atoms with van der Waals surface area (Å²) in [4.78, 5) is 25.0. The maximum Gasteiger partial charge on any atom is 0.323 e. The second-order valence-corrected chi connectivity index (χ2v) is 7.21. The predicted octanol–water partition coefficient (Wildman–Crippen LogP) is 2.97. The van der Waals surface area contributed by atoms with Crippen LogP contribution < -0.4 is 5.69 Å². The summed E-state index contributed by atoms with van der Waals surface area (Å²) in [5, 5.41) is 4.69. The van der Waals surface area contributed by atoms with Gasteiger partial charge < -0.3 is 15.0 Å². The second kappa shape index (κ2) is 4.59. The van der Waals surface area contributed by atoms with Gasteiger partial charge in [0.1, 0.15) is 5.82 Å². The SMILES string of the molecule is Cc1nn(C(C)(C)C)c(C)c1-c1nc2cc3[nH]c(=O)[nH]c3cc2[nH]1. The number of fused-ring (bicyclic) bond motifs is 2. The van der Waals surface area contributed by atoms with Gasteiger partial charge in [-0.3, -0.25) is 4.68 Å². The van der Waals surface area contributed by atoms with E-state index in [-0.39, 0.29) is 11.2 Å². The summed E-state index contributed by atoms with van der Waals surface area (Å²) in [7, 11) is 0. The molecule has 4 rings (SSSR count). The monoisotopic (exact) mass is 324 g/mol. The average molecular weight is 324 g/mol. The van der Waals surface area contributed by atoms with E-state index in [1.807, 2.05) is 23.7 Å². The average Bonchev–Trinajstić information content (AvgIpc) is 3.09. The van der Waals surface area contributed by atoms with Crippen molar-refractivity contribution in [3.8, 4) is 11.4 Å². The van der Waals surface area contributed by atoms with Gasteiger partial charge in [0.05, 0.1) is 38.9 Å². The molecule has 4 aromatic rings. The molecular formula is C17H20N6O. The van der Waals surface area contributed by atoms with Gasteiger partial charge in [0.15, 0.2) is 0 Å². The number of rotatable bonds is 1. The Morgan fingerprint density at radius 1 is 1.00 bits per heavy atom. The first-order valence-electron chi connectivity index (χ1n) is 7.93. The van der Waals surface area contributed by atoms with Crippen LogP contribution >= 0.6 is 0 Å². The number of aromatic nitrogens is 6. The first kappa shape index (κ1) is 14.7. The van der Waals surface area contributed by atoms with Crippen LogP contribution in [0.25, 0.3) is 33.5 Å². The highest BCUT2D eigenvalue weighted by molar-refractivity contribution is 5.92. The van der Waals surface area contributed by atoms with Crippen molar-refractivity contribution in [3.05, 3.63) is 34.0 Å². The molecule has 0 radical (unpaired) electrons. The Morgan fingerprint density at radius 3 is 2.29 bits per heavy atom. The van der Waals surface area contributed by atoms with Crippen LogP contribution in [0.4, 0.5) is 0 Å². The second-order valence-electron chi connectivity index (χ2n) is 7.21. The number of aryl methyl sites for hydroxylation is 1. The lowest BCUT2D eigenvalue weighted by atomic mass is 10.1. The van der Waals surface area contributed by atoms with Crippen LogP contribution in [0.15, 0.2) is 16.9 Å². The zero-order valence-electron chi connectivity index (χ0n) is 14.4. The molecule has 0 saturated heterocycles. The molecule has 0 spiro atoms. The van der Waals surface area contributed by atoms with Crippen molar-refractivity contribution in [1.82, 2.24) is 29.7 Å². The molecule has 124 valence electrons. The fourth-order valence-corrected chi connectivity index (χ4v) is 3.30. The Kier molecular flexibility index (Phi) is 2.82. The first-order chi connectivity index (χ1) is 11.2. The largest absolute Gasteiger partial charge is 0.338 e. The highest BCUT2D eigenvalue weighted by Gasteiger charge is 2.23. The van der Waals surface area contributed by atoms with E-state index in [1.165, 1.54) is 0 Å². The number of aromatic amines is 3. The Hall–Kier alpha value is -2.83. The summed E-state index contributed by atoms with van der Waals surface area (Å²) in [5.41, 5.74) is 5.97. The number of nitrogens with zero attached hydrogens (tertiary/aromatic N) is 3. The zero-order valence-corrected chi connectivity index (χ0v) is 14.4. The maximum absolute atomic E-state index is 11.4. The number of imidazole rings is 2. The Morgan fingerprint density at radius 2 is 1.67 bits per heavy atom. The quantitative estimate of drug-likeness (QED) is 0.502. The van der Waals surface area contributed by atoms with Gasteiger partial charge in [-0.05, 0) is 46.8 Å². The lowest BCUT2D eigenvalue weighted by molar-refractivity contribution is 0.346. The molecule has 0 amide bonds. The molecule has 3 N–H and O–H groups in total. The summed E-state index contributed by atoms with van der Waals surface area (Å²) >= 11 is 0. The number of benzene rings is 1. The van der Waals surface area contributed by atoms with E-state index in [0.717, 1.165) is 44.8 Å². The molecule has 24 heavy (non-hydrogen) atoms. The molecule has 0 aliphatic heterocycles. The third-order valence-electron chi connectivity index (χ3n) is 4.28. The van der Waals surface area contributed by atoms with Crippen molar-refractivity contribution in [2.75, 3.05) is 0 Å². The molecule has 0 unspecified atom stereocenters. The molecule has 7 heteroatoms. The minimum Gasteiger partial charge on any atom is -0.338 e. The van der Waals surface area contributed by atoms with Crippen LogP contribution in [-0.2, 0) is 5.54 Å². The van der Waals surface area contributed by atoms with Crippen LogP contribution in [0.3, 0.4) is 0 Å². The Balaban J connectivity index is 1.94. The molecule has 0 aliphatic rings. The van der Waals surface area contributed by atoms with Gasteiger partial charge in [-0.15, -0.1) is 0 Å². The van der Waals surface area contributed by atoms with Crippen molar-refractivity contribution in [2.24, 2.45) is 0 Å². The topological polar surface area (TPSA) is 95.2 Å². The summed E-state index contributed by atoms with van der Waals surface area (Å²) in [6.45, 7) is 10.5. The van der Waals surface area contributed by atoms with Crippen LogP contribution in [0, 0.1) is 13.8 Å². The highest BCUT2D eigenvalue weighted by Crippen LogP contribution is 2.30. The lowest BCUT2D eigenvalue weighted by Gasteiger charge is -2.21. The molecule has 3 aromatic heterocycles. The van der Waals surface area contributed by atoms with E-state index < -0.39 is 0 Å². The van der Waals surface area contributed by atoms with E-state index in [0.29, 0.717) is 0 Å². The molecule has 3 heterocycles. The third-order valence-corrected chi connectivity index (χ3v) is 4.28. The lowest BCUT2D eigenvalue weighted by Crippen LogP contribution is -2.24. The number of hydrogen-bond acceptors (Lipinski definition) is 3. The summed E-state index contributed by atoms with van der Waals surface area (Å²) in [6.07, 6.45) is 0. The molecular weight excluding hydrogens is 304 g/mol. The normalized spacial score (nSPS) is 12.5. The zero-order chi connectivity index (χ0) is 17.2. The standard InChI is InChI=1S/C17H20N6O/c1-8-14(9(2)23(22-8)17(3,4)5)15-18-10-6-12-13(7-11(10)19-15)21-16(24)20-12/h6-7H,1-5H3,(H,18,19)(H2,20,21,24). The molecule has 0 aliphatic carbocycles. The number of H-pyrrole nitrogens is 3. The summed E-state index contributed by atoms with van der Waals surface area (Å²) < 4.78 is 2.03. The smallest absolute Gasteiger partial charge is 0.323 e. The van der Waals surface area contributed by atoms with Gasteiger partial charge in [0, 0.05) is 5.69 Å². The van der Waals surface area contributed by atoms with Crippen molar-refractivity contribution >= 4 is 22.1 Å². The van der Waals surface area contributed by atoms with Crippen LogP contribution in [0.2, 0.25) is 0 Å². The van der Waals surface area contributed by atoms with Gasteiger partial charge in [-0.2, -0.15) is 5.10 Å². The number of hydrogen-bond donors (Lipinski definition) is 3. The molecule has 7 nitrogen and oxygen atoms in total. The van der Waals surface area contributed by atoms with Gasteiger partial charge in [0.25, 0.3) is 0 Å². The van der Waals surface area contributed by atoms with Crippen LogP contribution in [0.5, 0.6) is 0 Å². The van der Waals surface area contributed by atoms with Crippen molar-refractivity contribution in [2.45, 2.75) is 40.2 Å². The van der Waals surface area contributed by atoms with Gasteiger partial charge in [-0.1, -0.05) is 0 Å². The van der Waals surface area contributed by atoms with E-state index in [1.54, 1.807) is 0 Å². The minimum atomic E-state index is -0.212. The Bertz CT molecular complexity index is 1080. The van der Waals surface area contributed by atoms with E-state index in [4.69, 9.17) is 4.98 Å². The molecule has 0 bridgehead atoms. The van der Waals surface area contributed by atoms with Crippen molar-refractivity contribution < 1.29 is 0 Å². The molecule has 0 atom stereocenters. The van der Waals surface area contributed by atoms with Crippen LogP contribution in [-0.4, -0.2) is 29.7 Å². The van der Waals surface area contributed by atoms with Crippen molar-refractivity contribution in [3.63, 3.8) is 0 Å². The van der Waals surface area contributed by atoms with Crippen LogP contribution in [0.1, 0.15) is 32.2 Å². The van der Waals surface area contributed by atoms with E-state index in [9.17, 15) is 4.79 Å². The van der Waals surface area contributed by atoms with Crippen molar-refractivity contribution in [1.29, 1.82) is 0 Å². The Labute approximate surface area is 138 Å². The number of nitrogens with one attached hydrogen (secondary N) is 3. The van der Waals surface area contributed by atoms with Gasteiger partial charge in [-0.25, -0.2) is 9.78 Å². The van der Waals surface area contributed by atoms with E-state index >= 15 is 0 Å². The molecule has 1 aromatic carbocycles. The maximum atomic E-state index is 11.4. The van der Waals surface area contributed by atoms with Gasteiger partial charge >= 0.3 is 5.69 Å². The predicted molar refractivity (Wildman–Crippen MR) is 94.3 cm³/mol. The first-order valence-corrected chi connectivity index (χ1v) is 7.93. The molecule has 0 fully saturated rings. The van der Waals surface area contributed by atoms with E-state index in [2.05, 4.69) is 47.7 Å². The molecule has 0 saturated carbocycles. The summed E-state index contributed by atoms with van der Waals surface area (Å²) in [6, 6.07) is 3.78. The summed E-state index contributed by atoms with van der Waals surface area (Å²) in [5.74, 6) is 0.797. The fraction of sp³-hybridized carbons (Fsp3) is 0.353. The fourth-order valence-electron chi connectivity index (χ4n) is 3.30. The third kappa shape index (κ3) is 2.08. The van der Waals surface area contributed by atoms with Gasteiger partial charge in [0.2, 0.25) is 0 Å². The minimum absolute atomic E-state index is 0.0888. The highest BCUT2D eigenvalue weighted by atomic mass is 16.1.